The summed E-state index contributed by atoms with van der Waals surface area (Å²) in [5, 5.41) is 9.30. The second kappa shape index (κ2) is 11.8. The van der Waals surface area contributed by atoms with Gasteiger partial charge in [-0.2, -0.15) is 0 Å². The van der Waals surface area contributed by atoms with Crippen LogP contribution in [0.1, 0.15) is 62.5 Å². The summed E-state index contributed by atoms with van der Waals surface area (Å²) < 4.78 is 11.9. The zero-order valence-electron chi connectivity index (χ0n) is 22.5. The summed E-state index contributed by atoms with van der Waals surface area (Å²) in [6, 6.07) is 17.2. The van der Waals surface area contributed by atoms with Crippen LogP contribution < -0.4 is 9.47 Å². The lowest BCUT2D eigenvalue weighted by Gasteiger charge is -2.29. The first kappa shape index (κ1) is 26.7. The van der Waals surface area contributed by atoms with Gasteiger partial charge in [0, 0.05) is 24.8 Å². The predicted octanol–water partition coefficient (Wildman–Crippen LogP) is 6.32. The number of benzene rings is 2. The van der Waals surface area contributed by atoms with Gasteiger partial charge in [0.2, 0.25) is 5.88 Å². The van der Waals surface area contributed by atoms with Crippen molar-refractivity contribution in [3.8, 4) is 22.8 Å². The Morgan fingerprint density at radius 2 is 1.97 bits per heavy atom. The number of pyridine rings is 1. The van der Waals surface area contributed by atoms with Gasteiger partial charge in [-0.05, 0) is 85.2 Å². The van der Waals surface area contributed by atoms with Crippen LogP contribution in [0.25, 0.3) is 11.1 Å². The summed E-state index contributed by atoms with van der Waals surface area (Å²) in [6.07, 6.45) is 4.07. The van der Waals surface area contributed by atoms with E-state index >= 15 is 0 Å². The molecule has 0 amide bonds. The van der Waals surface area contributed by atoms with Crippen molar-refractivity contribution in [2.24, 2.45) is 5.92 Å². The number of aryl methyl sites for hydroxylation is 1. The van der Waals surface area contributed by atoms with Crippen molar-refractivity contribution in [2.45, 2.75) is 65.6 Å². The van der Waals surface area contributed by atoms with Crippen molar-refractivity contribution < 1.29 is 19.4 Å². The number of ether oxygens (including phenoxy) is 2. The quantitative estimate of drug-likeness (QED) is 0.350. The molecule has 1 aromatic heterocycles. The van der Waals surface area contributed by atoms with Gasteiger partial charge in [0.25, 0.3) is 0 Å². The Labute approximate surface area is 220 Å². The molecule has 1 unspecified atom stereocenters. The molecule has 0 bridgehead atoms. The summed E-state index contributed by atoms with van der Waals surface area (Å²) in [5.74, 6) is 0.262. The van der Waals surface area contributed by atoms with Gasteiger partial charge >= 0.3 is 5.97 Å². The Bertz CT molecular complexity index is 1240. The molecule has 0 fully saturated rings. The van der Waals surface area contributed by atoms with Gasteiger partial charge in [0.15, 0.2) is 0 Å². The Hall–Kier alpha value is -3.38. The van der Waals surface area contributed by atoms with E-state index in [1.165, 1.54) is 16.7 Å². The molecule has 0 aliphatic carbocycles. The first-order valence-corrected chi connectivity index (χ1v) is 13.2. The molecule has 0 saturated heterocycles. The molecule has 0 saturated carbocycles. The molecule has 4 rings (SSSR count). The van der Waals surface area contributed by atoms with Crippen molar-refractivity contribution >= 4 is 5.97 Å². The molecule has 6 heteroatoms. The fraction of sp³-hybridized carbons (Fsp3) is 0.419. The lowest BCUT2D eigenvalue weighted by atomic mass is 9.91. The van der Waals surface area contributed by atoms with Gasteiger partial charge in [0.1, 0.15) is 11.9 Å². The largest absolute Gasteiger partial charge is 0.485 e. The van der Waals surface area contributed by atoms with E-state index in [1.54, 1.807) is 20.2 Å². The van der Waals surface area contributed by atoms with Crippen molar-refractivity contribution in [1.82, 2.24) is 9.88 Å². The molecule has 0 radical (unpaired) electrons. The zero-order valence-corrected chi connectivity index (χ0v) is 22.5. The molecular weight excluding hydrogens is 464 g/mol. The monoisotopic (exact) mass is 502 g/mol. The Kier molecular flexibility index (Phi) is 8.49. The van der Waals surface area contributed by atoms with Crippen molar-refractivity contribution in [2.75, 3.05) is 13.7 Å². The van der Waals surface area contributed by atoms with E-state index in [4.69, 9.17) is 9.47 Å². The van der Waals surface area contributed by atoms with Crippen LogP contribution in [0.2, 0.25) is 0 Å². The molecule has 196 valence electrons. The number of hydrogen-bond acceptors (Lipinski definition) is 5. The topological polar surface area (TPSA) is 71.9 Å². The van der Waals surface area contributed by atoms with Gasteiger partial charge in [-0.15, -0.1) is 0 Å². The SMILES string of the molecule is CCN(Cc1cc([C@@H]2CCc3ccc(CC(C)C(=O)O)cc3O2)ccc1-c1ccnc(OC)c1)C(C)C. The normalized spacial score (nSPS) is 15.8. The number of hydrogen-bond donors (Lipinski definition) is 1. The third-order valence-corrected chi connectivity index (χ3v) is 7.31. The number of carboxylic acids is 1. The van der Waals surface area contributed by atoms with E-state index in [-0.39, 0.29) is 6.10 Å². The molecule has 2 heterocycles. The average molecular weight is 503 g/mol. The summed E-state index contributed by atoms with van der Waals surface area (Å²) in [7, 11) is 1.64. The number of fused-ring (bicyclic) bond motifs is 1. The Balaban J connectivity index is 1.65. The molecule has 1 aliphatic rings. The second-order valence-electron chi connectivity index (χ2n) is 10.2. The highest BCUT2D eigenvalue weighted by Crippen LogP contribution is 2.38. The van der Waals surface area contributed by atoms with E-state index in [0.29, 0.717) is 18.3 Å². The number of carboxylic acid groups (broad SMARTS) is 1. The van der Waals surface area contributed by atoms with Gasteiger partial charge in [0.05, 0.1) is 13.0 Å². The number of rotatable bonds is 10. The highest BCUT2D eigenvalue weighted by atomic mass is 16.5. The fourth-order valence-corrected chi connectivity index (χ4v) is 5.01. The van der Waals surface area contributed by atoms with Crippen LogP contribution in [0, 0.1) is 5.92 Å². The maximum absolute atomic E-state index is 11.3. The highest BCUT2D eigenvalue weighted by molar-refractivity contribution is 5.70. The number of aromatic nitrogens is 1. The Morgan fingerprint density at radius 1 is 1.16 bits per heavy atom. The summed E-state index contributed by atoms with van der Waals surface area (Å²) in [6.45, 7) is 10.2. The molecule has 37 heavy (non-hydrogen) atoms. The van der Waals surface area contributed by atoms with E-state index in [9.17, 15) is 9.90 Å². The van der Waals surface area contributed by atoms with E-state index < -0.39 is 11.9 Å². The number of nitrogens with zero attached hydrogens (tertiary/aromatic N) is 2. The first-order chi connectivity index (χ1) is 17.8. The molecule has 1 aliphatic heterocycles. The van der Waals surface area contributed by atoms with Crippen LogP contribution in [0.4, 0.5) is 0 Å². The maximum Gasteiger partial charge on any atom is 0.306 e. The molecule has 2 atom stereocenters. The van der Waals surface area contributed by atoms with Crippen LogP contribution >= 0.6 is 0 Å². The van der Waals surface area contributed by atoms with Gasteiger partial charge < -0.3 is 14.6 Å². The minimum absolute atomic E-state index is 0.0476. The minimum atomic E-state index is -0.779. The van der Waals surface area contributed by atoms with Gasteiger partial charge in [-0.25, -0.2) is 4.98 Å². The van der Waals surface area contributed by atoms with Crippen molar-refractivity contribution in [3.05, 3.63) is 77.0 Å². The standard InChI is InChI=1S/C31H38N2O4/c1-6-33(20(2)3)19-26-17-25(9-11-27(26)24-13-14-32-30(18-24)36-5)28-12-10-23-8-7-22(16-29(23)37-28)15-21(4)31(34)35/h7-9,11,13-14,16-18,20-21,28H,6,10,12,15,19H2,1-5H3,(H,34,35)/t21?,28-/m0/s1. The lowest BCUT2D eigenvalue weighted by molar-refractivity contribution is -0.141. The molecule has 1 N–H and O–H groups in total. The van der Waals surface area contributed by atoms with E-state index in [0.717, 1.165) is 48.4 Å². The zero-order chi connectivity index (χ0) is 26.5. The molecule has 6 nitrogen and oxygen atoms in total. The molecular formula is C31H38N2O4. The van der Waals surface area contributed by atoms with E-state index in [2.05, 4.69) is 54.9 Å². The summed E-state index contributed by atoms with van der Waals surface area (Å²) >= 11 is 0. The van der Waals surface area contributed by atoms with Crippen LogP contribution in [-0.4, -0.2) is 40.7 Å². The lowest BCUT2D eigenvalue weighted by Crippen LogP contribution is -2.30. The first-order valence-electron chi connectivity index (χ1n) is 13.2. The number of aliphatic carboxylic acids is 1. The van der Waals surface area contributed by atoms with E-state index in [1.807, 2.05) is 24.3 Å². The highest BCUT2D eigenvalue weighted by Gasteiger charge is 2.24. The third-order valence-electron chi connectivity index (χ3n) is 7.31. The Morgan fingerprint density at radius 3 is 2.68 bits per heavy atom. The third kappa shape index (κ3) is 6.31. The number of carbonyl (C=O) groups is 1. The molecule has 3 aromatic rings. The van der Waals surface area contributed by atoms with Crippen LogP contribution in [-0.2, 0) is 24.2 Å². The maximum atomic E-state index is 11.3. The minimum Gasteiger partial charge on any atom is -0.485 e. The average Bonchev–Trinajstić information content (AvgIpc) is 2.90. The summed E-state index contributed by atoms with van der Waals surface area (Å²) in [4.78, 5) is 18.1. The van der Waals surface area contributed by atoms with Crippen molar-refractivity contribution in [1.29, 1.82) is 0 Å². The van der Waals surface area contributed by atoms with Crippen LogP contribution in [0.15, 0.2) is 54.7 Å². The fourth-order valence-electron chi connectivity index (χ4n) is 5.01. The number of methoxy groups -OCH3 is 1. The smallest absolute Gasteiger partial charge is 0.306 e. The summed E-state index contributed by atoms with van der Waals surface area (Å²) in [5.41, 5.74) is 6.84. The van der Waals surface area contributed by atoms with Crippen LogP contribution in [0.5, 0.6) is 11.6 Å². The van der Waals surface area contributed by atoms with Crippen LogP contribution in [0.3, 0.4) is 0 Å². The van der Waals surface area contributed by atoms with Gasteiger partial charge in [-0.1, -0.05) is 44.2 Å². The molecule has 0 spiro atoms. The van der Waals surface area contributed by atoms with Gasteiger partial charge in [-0.3, -0.25) is 9.69 Å². The second-order valence-corrected chi connectivity index (χ2v) is 10.2. The predicted molar refractivity (Wildman–Crippen MR) is 146 cm³/mol. The van der Waals surface area contributed by atoms with Crippen molar-refractivity contribution in [3.63, 3.8) is 0 Å². The molecule has 2 aromatic carbocycles.